The molecule has 1 rings (SSSR count). The minimum absolute atomic E-state index is 0. The lowest BCUT2D eigenvalue weighted by atomic mass is 10.1. The molecule has 0 fully saturated rings. The van der Waals surface area contributed by atoms with Gasteiger partial charge in [0.2, 0.25) is 0 Å². The van der Waals surface area contributed by atoms with E-state index in [1.54, 1.807) is 0 Å². The van der Waals surface area contributed by atoms with Gasteiger partial charge in [-0.3, -0.25) is 4.99 Å². The molecule has 1 atom stereocenters. The Morgan fingerprint density at radius 1 is 1.10 bits per heavy atom. The number of hydrogen-bond acceptors (Lipinski definition) is 2. The molecule has 21 heavy (non-hydrogen) atoms. The Kier molecular flexibility index (Phi) is 10.4. The first-order valence-corrected chi connectivity index (χ1v) is 7.20. The maximum atomic E-state index is 4.26. The highest BCUT2D eigenvalue weighted by atomic mass is 127. The normalized spacial score (nSPS) is 13.0. The van der Waals surface area contributed by atoms with Gasteiger partial charge in [0.05, 0.1) is 6.04 Å². The van der Waals surface area contributed by atoms with Crippen LogP contribution in [-0.4, -0.2) is 45.1 Å². The Morgan fingerprint density at radius 3 is 2.14 bits per heavy atom. The fourth-order valence-corrected chi connectivity index (χ4v) is 1.99. The van der Waals surface area contributed by atoms with E-state index in [9.17, 15) is 0 Å². The van der Waals surface area contributed by atoms with Crippen molar-refractivity contribution in [2.24, 2.45) is 10.9 Å². The zero-order valence-corrected chi connectivity index (χ0v) is 16.1. The fraction of sp³-hybridized carbons (Fsp3) is 0.562. The average molecular weight is 404 g/mol. The lowest BCUT2D eigenvalue weighted by Crippen LogP contribution is -2.42. The van der Waals surface area contributed by atoms with Crippen LogP contribution in [0.1, 0.15) is 25.5 Å². The van der Waals surface area contributed by atoms with E-state index in [2.05, 4.69) is 72.7 Å². The molecule has 1 aromatic rings. The number of halogens is 1. The Bertz CT molecular complexity index is 404. The number of nitrogens with one attached hydrogen (secondary N) is 2. The van der Waals surface area contributed by atoms with Crippen LogP contribution in [0.2, 0.25) is 0 Å². The van der Waals surface area contributed by atoms with Crippen LogP contribution < -0.4 is 10.6 Å². The van der Waals surface area contributed by atoms with Gasteiger partial charge in [-0.2, -0.15) is 0 Å². The van der Waals surface area contributed by atoms with Gasteiger partial charge in [0, 0.05) is 20.1 Å². The zero-order chi connectivity index (χ0) is 15.0. The molecule has 0 aliphatic heterocycles. The van der Waals surface area contributed by atoms with Crippen molar-refractivity contribution in [3.63, 3.8) is 0 Å². The van der Waals surface area contributed by atoms with E-state index in [0.717, 1.165) is 19.0 Å². The summed E-state index contributed by atoms with van der Waals surface area (Å²) in [4.78, 5) is 6.48. The number of guanidine groups is 1. The van der Waals surface area contributed by atoms with Crippen LogP contribution in [-0.2, 0) is 0 Å². The highest BCUT2D eigenvalue weighted by molar-refractivity contribution is 14.0. The maximum absolute atomic E-state index is 4.26. The molecule has 1 unspecified atom stereocenters. The number of likely N-dealkylation sites (N-methyl/N-ethyl adjacent to an activating group) is 1. The average Bonchev–Trinajstić information content (AvgIpc) is 2.43. The quantitative estimate of drug-likeness (QED) is 0.435. The zero-order valence-electron chi connectivity index (χ0n) is 13.8. The van der Waals surface area contributed by atoms with Crippen molar-refractivity contribution in [1.82, 2.24) is 15.5 Å². The number of nitrogens with zero attached hydrogens (tertiary/aromatic N) is 2. The second kappa shape index (κ2) is 10.8. The number of aliphatic imine (C=N–C) groups is 1. The Balaban J connectivity index is 0.00000400. The molecule has 0 aromatic heterocycles. The minimum atomic E-state index is 0. The van der Waals surface area contributed by atoms with E-state index in [0.29, 0.717) is 12.0 Å². The summed E-state index contributed by atoms with van der Waals surface area (Å²) in [5.41, 5.74) is 1.31. The molecule has 0 saturated carbocycles. The summed E-state index contributed by atoms with van der Waals surface area (Å²) in [5, 5.41) is 6.74. The van der Waals surface area contributed by atoms with Gasteiger partial charge in [-0.15, -0.1) is 24.0 Å². The van der Waals surface area contributed by atoms with E-state index in [1.165, 1.54) is 5.56 Å². The summed E-state index contributed by atoms with van der Waals surface area (Å²) in [6, 6.07) is 10.9. The van der Waals surface area contributed by atoms with Gasteiger partial charge >= 0.3 is 0 Å². The van der Waals surface area contributed by atoms with Crippen LogP contribution in [0.25, 0.3) is 0 Å². The first-order chi connectivity index (χ1) is 9.54. The van der Waals surface area contributed by atoms with Crippen molar-refractivity contribution in [2.75, 3.05) is 34.2 Å². The van der Waals surface area contributed by atoms with Crippen molar-refractivity contribution in [1.29, 1.82) is 0 Å². The first kappa shape index (κ1) is 20.2. The number of rotatable bonds is 6. The Morgan fingerprint density at radius 2 is 1.67 bits per heavy atom. The minimum Gasteiger partial charge on any atom is -0.356 e. The van der Waals surface area contributed by atoms with E-state index >= 15 is 0 Å². The summed E-state index contributed by atoms with van der Waals surface area (Å²) in [7, 11) is 6.01. The summed E-state index contributed by atoms with van der Waals surface area (Å²) in [6.45, 7) is 6.13. The van der Waals surface area contributed by atoms with Gasteiger partial charge < -0.3 is 15.5 Å². The molecule has 120 valence electrons. The van der Waals surface area contributed by atoms with Crippen LogP contribution in [0, 0.1) is 5.92 Å². The summed E-state index contributed by atoms with van der Waals surface area (Å²) >= 11 is 0. The molecule has 5 heteroatoms. The summed E-state index contributed by atoms with van der Waals surface area (Å²) in [5.74, 6) is 1.47. The van der Waals surface area contributed by atoms with E-state index in [1.807, 2.05) is 13.1 Å². The molecule has 0 aliphatic rings. The molecule has 0 saturated heterocycles. The molecule has 0 radical (unpaired) electrons. The maximum Gasteiger partial charge on any atom is 0.191 e. The van der Waals surface area contributed by atoms with Gasteiger partial charge in [0.1, 0.15) is 0 Å². The monoisotopic (exact) mass is 404 g/mol. The largest absolute Gasteiger partial charge is 0.356 e. The summed E-state index contributed by atoms with van der Waals surface area (Å²) < 4.78 is 0. The molecular weight excluding hydrogens is 375 g/mol. The number of benzene rings is 1. The van der Waals surface area contributed by atoms with Gasteiger partial charge in [0.25, 0.3) is 0 Å². The lowest BCUT2D eigenvalue weighted by molar-refractivity contribution is 0.298. The van der Waals surface area contributed by atoms with Crippen molar-refractivity contribution >= 4 is 29.9 Å². The van der Waals surface area contributed by atoms with Crippen LogP contribution in [0.4, 0.5) is 0 Å². The molecule has 0 amide bonds. The van der Waals surface area contributed by atoms with E-state index in [-0.39, 0.29) is 24.0 Å². The highest BCUT2D eigenvalue weighted by Crippen LogP contribution is 2.16. The molecule has 4 nitrogen and oxygen atoms in total. The predicted octanol–water partition coefficient (Wildman–Crippen LogP) is 2.73. The van der Waals surface area contributed by atoms with Crippen LogP contribution >= 0.6 is 24.0 Å². The molecular formula is C16H29IN4. The van der Waals surface area contributed by atoms with Crippen LogP contribution in [0.5, 0.6) is 0 Å². The standard InChI is InChI=1S/C16H28N4.HI/c1-13(2)11-18-16(17-3)19-12-15(20(4)5)14-9-7-6-8-10-14;/h6-10,13,15H,11-12H2,1-5H3,(H2,17,18,19);1H. The third-order valence-corrected chi connectivity index (χ3v) is 3.17. The van der Waals surface area contributed by atoms with Gasteiger partial charge in [-0.1, -0.05) is 44.2 Å². The third-order valence-electron chi connectivity index (χ3n) is 3.17. The van der Waals surface area contributed by atoms with Gasteiger partial charge in [0.15, 0.2) is 5.96 Å². The van der Waals surface area contributed by atoms with Crippen molar-refractivity contribution in [3.05, 3.63) is 35.9 Å². The van der Waals surface area contributed by atoms with E-state index in [4.69, 9.17) is 0 Å². The van der Waals surface area contributed by atoms with Gasteiger partial charge in [-0.05, 0) is 25.6 Å². The van der Waals surface area contributed by atoms with E-state index < -0.39 is 0 Å². The smallest absolute Gasteiger partial charge is 0.191 e. The van der Waals surface area contributed by atoms with Gasteiger partial charge in [-0.25, -0.2) is 0 Å². The highest BCUT2D eigenvalue weighted by Gasteiger charge is 2.14. The lowest BCUT2D eigenvalue weighted by Gasteiger charge is -2.26. The molecule has 1 aromatic carbocycles. The second-order valence-corrected chi connectivity index (χ2v) is 5.62. The second-order valence-electron chi connectivity index (χ2n) is 5.62. The fourth-order valence-electron chi connectivity index (χ4n) is 1.99. The van der Waals surface area contributed by atoms with Crippen LogP contribution in [0.3, 0.4) is 0 Å². The topological polar surface area (TPSA) is 39.7 Å². The third kappa shape index (κ3) is 7.66. The van der Waals surface area contributed by atoms with Crippen LogP contribution in [0.15, 0.2) is 35.3 Å². The van der Waals surface area contributed by atoms with Crippen molar-refractivity contribution in [2.45, 2.75) is 19.9 Å². The molecule has 0 aliphatic carbocycles. The molecule has 0 bridgehead atoms. The van der Waals surface area contributed by atoms with Crippen molar-refractivity contribution < 1.29 is 0 Å². The molecule has 0 spiro atoms. The Hall–Kier alpha value is -0.820. The summed E-state index contributed by atoms with van der Waals surface area (Å²) in [6.07, 6.45) is 0. The molecule has 0 heterocycles. The predicted molar refractivity (Wildman–Crippen MR) is 102 cm³/mol. The molecule has 2 N–H and O–H groups in total. The number of hydrogen-bond donors (Lipinski definition) is 2. The first-order valence-electron chi connectivity index (χ1n) is 7.20. The Labute approximate surface area is 146 Å². The SMILES string of the molecule is CN=C(NCC(C)C)NCC(c1ccccc1)N(C)C.I. The van der Waals surface area contributed by atoms with Crippen molar-refractivity contribution in [3.8, 4) is 0 Å².